The maximum Gasteiger partial charge on any atom is 0.310 e. The first kappa shape index (κ1) is 24.2. The van der Waals surface area contributed by atoms with E-state index in [1.54, 1.807) is 48.5 Å². The van der Waals surface area contributed by atoms with E-state index in [4.69, 9.17) is 14.0 Å². The lowest BCUT2D eigenvalue weighted by Gasteiger charge is -2.20. The van der Waals surface area contributed by atoms with Crippen molar-refractivity contribution in [3.8, 4) is 11.4 Å². The number of methoxy groups -OCH3 is 1. The number of carbonyl (C=O) groups is 1. The van der Waals surface area contributed by atoms with Crippen LogP contribution in [0.15, 0.2) is 75.1 Å². The zero-order valence-electron chi connectivity index (χ0n) is 19.7. The number of carbonyl (C=O) groups excluding carboxylic acids is 1. The number of hydrogen-bond donors (Lipinski definition) is 1. The number of hydrogen-bond acceptors (Lipinski definition) is 7. The van der Waals surface area contributed by atoms with Crippen LogP contribution in [0.2, 0.25) is 0 Å². The van der Waals surface area contributed by atoms with Crippen LogP contribution in [0.1, 0.15) is 26.3 Å². The average Bonchev–Trinajstić information content (AvgIpc) is 3.30. The number of nitrogens with one attached hydrogen (secondary N) is 1. The van der Waals surface area contributed by atoms with Crippen LogP contribution in [0.25, 0.3) is 16.6 Å². The van der Waals surface area contributed by atoms with Crippen molar-refractivity contribution < 1.29 is 23.0 Å². The lowest BCUT2D eigenvalue weighted by molar-refractivity contribution is -0.153. The molecule has 0 amide bonds. The van der Waals surface area contributed by atoms with Gasteiger partial charge in [-0.15, -0.1) is 0 Å². The predicted octanol–water partition coefficient (Wildman–Crippen LogP) is 4.01. The van der Waals surface area contributed by atoms with Gasteiger partial charge in [0.05, 0.1) is 29.6 Å². The number of nitrogens with zero attached hydrogens (tertiary/aromatic N) is 2. The molecule has 0 aliphatic carbocycles. The number of aromatic nitrogens is 2. The summed E-state index contributed by atoms with van der Waals surface area (Å²) in [4.78, 5) is 25.8. The van der Waals surface area contributed by atoms with Gasteiger partial charge in [0.15, 0.2) is 16.8 Å². The highest BCUT2D eigenvalue weighted by molar-refractivity contribution is 7.86. The van der Waals surface area contributed by atoms with Crippen LogP contribution in [-0.2, 0) is 26.9 Å². The Morgan fingerprint density at radius 2 is 1.91 bits per heavy atom. The topological polar surface area (TPSA) is 113 Å². The van der Waals surface area contributed by atoms with E-state index in [9.17, 15) is 13.8 Å². The van der Waals surface area contributed by atoms with Crippen LogP contribution in [0.5, 0.6) is 5.75 Å². The molecule has 1 N–H and O–H groups in total. The van der Waals surface area contributed by atoms with Crippen LogP contribution < -0.4 is 15.0 Å². The van der Waals surface area contributed by atoms with E-state index in [2.05, 4.69) is 9.88 Å². The van der Waals surface area contributed by atoms with Crippen LogP contribution in [0, 0.1) is 0 Å². The molecule has 4 rings (SSSR count). The molecular weight excluding hydrogens is 470 g/mol. The molecule has 2 heterocycles. The standard InChI is InChI=1S/C25H25N3O6S/c1-25(2,3)34-24(30)14-16-5-9-21(32-4)20(13-16)28-19-8-7-18(15-17(19)6-10-23(28)29)35(31)27-22-11-12-33-26-22/h5-13,15H,14H2,1-4H3,(H,26,27). The largest absolute Gasteiger partial charge is 0.495 e. The first-order valence-electron chi connectivity index (χ1n) is 10.8. The summed E-state index contributed by atoms with van der Waals surface area (Å²) in [6.07, 6.45) is 1.42. The minimum absolute atomic E-state index is 0.0463. The summed E-state index contributed by atoms with van der Waals surface area (Å²) >= 11 is 0. The summed E-state index contributed by atoms with van der Waals surface area (Å²) in [5, 5.41) is 4.40. The third-order valence-electron chi connectivity index (χ3n) is 4.97. The second-order valence-electron chi connectivity index (χ2n) is 8.75. The third-order valence-corrected chi connectivity index (χ3v) is 6.04. The van der Waals surface area contributed by atoms with E-state index >= 15 is 0 Å². The predicted molar refractivity (Wildman–Crippen MR) is 132 cm³/mol. The molecule has 0 bridgehead atoms. The molecule has 0 saturated heterocycles. The molecule has 0 saturated carbocycles. The molecule has 2 aromatic carbocycles. The van der Waals surface area contributed by atoms with Gasteiger partial charge in [-0.2, -0.15) is 0 Å². The Kier molecular flexibility index (Phi) is 6.74. The second kappa shape index (κ2) is 9.75. The van der Waals surface area contributed by atoms with Crippen LogP contribution in [0.4, 0.5) is 5.82 Å². The Labute approximate surface area is 204 Å². The minimum Gasteiger partial charge on any atom is -0.495 e. The number of rotatable bonds is 7. The maximum absolute atomic E-state index is 13.0. The van der Waals surface area contributed by atoms with Crippen molar-refractivity contribution in [3.63, 3.8) is 0 Å². The van der Waals surface area contributed by atoms with Gasteiger partial charge in [-0.1, -0.05) is 11.2 Å². The molecule has 182 valence electrons. The Bertz CT molecular complexity index is 1450. The van der Waals surface area contributed by atoms with Crippen LogP contribution in [0.3, 0.4) is 0 Å². The fourth-order valence-corrected chi connectivity index (χ4v) is 4.41. The van der Waals surface area contributed by atoms with Crippen LogP contribution >= 0.6 is 0 Å². The molecule has 4 aromatic rings. The van der Waals surface area contributed by atoms with Crippen molar-refractivity contribution in [3.05, 3.63) is 76.8 Å². The average molecular weight is 496 g/mol. The highest BCUT2D eigenvalue weighted by Crippen LogP contribution is 2.28. The monoisotopic (exact) mass is 495 g/mol. The Hall–Kier alpha value is -3.92. The Morgan fingerprint density at radius 1 is 1.11 bits per heavy atom. The fraction of sp³-hybridized carbons (Fsp3) is 0.240. The second-order valence-corrected chi connectivity index (χ2v) is 9.97. The highest BCUT2D eigenvalue weighted by Gasteiger charge is 2.18. The Morgan fingerprint density at radius 3 is 2.60 bits per heavy atom. The van der Waals surface area contributed by atoms with Gasteiger partial charge in [0, 0.05) is 17.5 Å². The summed E-state index contributed by atoms with van der Waals surface area (Å²) in [6.45, 7) is 5.42. The number of ether oxygens (including phenoxy) is 2. The van der Waals surface area contributed by atoms with Gasteiger partial charge < -0.3 is 14.0 Å². The van der Waals surface area contributed by atoms with E-state index in [1.165, 1.54) is 24.0 Å². The molecule has 9 nitrogen and oxygen atoms in total. The van der Waals surface area contributed by atoms with Crippen molar-refractivity contribution in [1.29, 1.82) is 0 Å². The maximum atomic E-state index is 13.0. The highest BCUT2D eigenvalue weighted by atomic mass is 32.2. The summed E-state index contributed by atoms with van der Waals surface area (Å²) < 4.78 is 32.7. The van der Waals surface area contributed by atoms with E-state index in [1.807, 2.05) is 20.8 Å². The van der Waals surface area contributed by atoms with Gasteiger partial charge in [0.1, 0.15) is 17.6 Å². The molecule has 0 fully saturated rings. The molecule has 0 spiro atoms. The molecule has 0 aliphatic heterocycles. The number of anilines is 1. The molecule has 1 unspecified atom stereocenters. The number of pyridine rings is 1. The third kappa shape index (κ3) is 5.60. The van der Waals surface area contributed by atoms with Gasteiger partial charge in [0.25, 0.3) is 5.56 Å². The van der Waals surface area contributed by atoms with Crippen LogP contribution in [-0.4, -0.2) is 32.6 Å². The zero-order valence-corrected chi connectivity index (χ0v) is 20.5. The smallest absolute Gasteiger partial charge is 0.310 e. The van der Waals surface area contributed by atoms with E-state index in [0.29, 0.717) is 38.6 Å². The molecule has 35 heavy (non-hydrogen) atoms. The lowest BCUT2D eigenvalue weighted by Crippen LogP contribution is -2.25. The molecule has 1 atom stereocenters. The summed E-state index contributed by atoms with van der Waals surface area (Å²) in [5.41, 5.74) is 0.874. The lowest BCUT2D eigenvalue weighted by atomic mass is 10.1. The van der Waals surface area contributed by atoms with Gasteiger partial charge in [-0.3, -0.25) is 18.9 Å². The quantitative estimate of drug-likeness (QED) is 0.386. The Balaban J connectivity index is 1.74. The molecule has 10 heteroatoms. The van der Waals surface area contributed by atoms with E-state index in [0.717, 1.165) is 0 Å². The molecule has 0 aliphatic rings. The zero-order chi connectivity index (χ0) is 25.2. The van der Waals surface area contributed by atoms with Crippen molar-refractivity contribution in [2.24, 2.45) is 0 Å². The van der Waals surface area contributed by atoms with Crippen molar-refractivity contribution in [2.75, 3.05) is 11.8 Å². The molecule has 0 radical (unpaired) electrons. The van der Waals surface area contributed by atoms with Crippen molar-refractivity contribution in [2.45, 2.75) is 37.7 Å². The first-order valence-corrected chi connectivity index (χ1v) is 11.9. The minimum atomic E-state index is -1.59. The fourth-order valence-electron chi connectivity index (χ4n) is 3.57. The summed E-state index contributed by atoms with van der Waals surface area (Å²) in [7, 11) is -0.0729. The van der Waals surface area contributed by atoms with E-state index in [-0.39, 0.29) is 17.9 Å². The van der Waals surface area contributed by atoms with Crippen molar-refractivity contribution >= 4 is 33.7 Å². The van der Waals surface area contributed by atoms with Gasteiger partial charge in [-0.25, -0.2) is 4.21 Å². The number of esters is 1. The number of benzene rings is 2. The molecule has 2 aromatic heterocycles. The molecular formula is C25H25N3O6S. The SMILES string of the molecule is COc1ccc(CC(=O)OC(C)(C)C)cc1-n1c(=O)ccc2cc(S(=O)Nc3ccon3)ccc21. The first-order chi connectivity index (χ1) is 16.6. The number of fused-ring (bicyclic) bond motifs is 1. The summed E-state index contributed by atoms with van der Waals surface area (Å²) in [6, 6.07) is 15.0. The van der Waals surface area contributed by atoms with Crippen molar-refractivity contribution in [1.82, 2.24) is 9.72 Å². The van der Waals surface area contributed by atoms with Gasteiger partial charge in [0.2, 0.25) is 0 Å². The summed E-state index contributed by atoms with van der Waals surface area (Å²) in [5.74, 6) is 0.443. The normalized spacial score (nSPS) is 12.3. The van der Waals surface area contributed by atoms with Gasteiger partial charge in [-0.05, 0) is 62.7 Å². The van der Waals surface area contributed by atoms with E-state index < -0.39 is 16.6 Å². The van der Waals surface area contributed by atoms with Gasteiger partial charge >= 0.3 is 5.97 Å².